The average Bonchev–Trinajstić information content (AvgIpc) is 3.27. The fraction of sp³-hybridized carbons (Fsp3) is 0.160. The maximum Gasteiger partial charge on any atom is 0.264 e. The summed E-state index contributed by atoms with van der Waals surface area (Å²) in [6, 6.07) is 19.7. The standard InChI is InChI=1S/C25H23FN2O5S/c1-17(24-15-18-7-3-5-9-22(18)33-24)27-25(29)16-28(21-8-4-6-10-23(21)32-2)34(30,31)20-13-11-19(26)12-14-20/h3-15,17H,16H2,1-2H3,(H,27,29). The number of furan rings is 1. The van der Waals surface area contributed by atoms with E-state index in [1.807, 2.05) is 30.3 Å². The number of nitrogens with one attached hydrogen (secondary N) is 1. The number of carbonyl (C=O) groups is 1. The number of fused-ring (bicyclic) bond motifs is 1. The lowest BCUT2D eigenvalue weighted by atomic mass is 10.2. The second-order valence-electron chi connectivity index (χ2n) is 7.61. The van der Waals surface area contributed by atoms with Gasteiger partial charge in [-0.1, -0.05) is 30.3 Å². The highest BCUT2D eigenvalue weighted by Gasteiger charge is 2.30. The van der Waals surface area contributed by atoms with Crippen LogP contribution >= 0.6 is 0 Å². The van der Waals surface area contributed by atoms with Gasteiger partial charge < -0.3 is 14.5 Å². The van der Waals surface area contributed by atoms with Gasteiger partial charge in [0.05, 0.1) is 23.7 Å². The summed E-state index contributed by atoms with van der Waals surface area (Å²) in [5.74, 6) is -0.309. The first-order valence-corrected chi connectivity index (χ1v) is 11.9. The number of benzene rings is 3. The van der Waals surface area contributed by atoms with Crippen molar-refractivity contribution < 1.29 is 26.8 Å². The van der Waals surface area contributed by atoms with Crippen molar-refractivity contribution in [3.05, 3.63) is 90.4 Å². The molecule has 34 heavy (non-hydrogen) atoms. The first-order valence-electron chi connectivity index (χ1n) is 10.5. The van der Waals surface area contributed by atoms with Crippen molar-refractivity contribution >= 4 is 32.6 Å². The molecule has 1 heterocycles. The van der Waals surface area contributed by atoms with E-state index in [0.717, 1.165) is 34.0 Å². The van der Waals surface area contributed by atoms with E-state index in [1.165, 1.54) is 13.2 Å². The fourth-order valence-corrected chi connectivity index (χ4v) is 5.01. The van der Waals surface area contributed by atoms with Crippen molar-refractivity contribution in [3.8, 4) is 5.75 Å². The highest BCUT2D eigenvalue weighted by atomic mass is 32.2. The number of halogens is 1. The molecule has 4 rings (SSSR count). The molecule has 0 saturated carbocycles. The molecule has 1 atom stereocenters. The lowest BCUT2D eigenvalue weighted by molar-refractivity contribution is -0.120. The Bertz CT molecular complexity index is 1380. The largest absolute Gasteiger partial charge is 0.495 e. The molecule has 0 saturated heterocycles. The quantitative estimate of drug-likeness (QED) is 0.395. The maximum absolute atomic E-state index is 13.5. The number of methoxy groups -OCH3 is 1. The molecule has 0 bridgehead atoms. The molecule has 0 aliphatic heterocycles. The Morgan fingerprint density at radius 2 is 1.74 bits per heavy atom. The van der Waals surface area contributed by atoms with E-state index < -0.39 is 34.3 Å². The van der Waals surface area contributed by atoms with Crippen LogP contribution in [-0.2, 0) is 14.8 Å². The van der Waals surface area contributed by atoms with Crippen LogP contribution in [0.25, 0.3) is 11.0 Å². The normalized spacial score (nSPS) is 12.3. The highest BCUT2D eigenvalue weighted by molar-refractivity contribution is 7.92. The second-order valence-corrected chi connectivity index (χ2v) is 9.48. The summed E-state index contributed by atoms with van der Waals surface area (Å²) in [6.07, 6.45) is 0. The summed E-state index contributed by atoms with van der Waals surface area (Å²) in [5, 5.41) is 3.68. The molecule has 9 heteroatoms. The average molecular weight is 483 g/mol. The first-order chi connectivity index (χ1) is 16.3. The molecule has 0 spiro atoms. The van der Waals surface area contributed by atoms with Gasteiger partial charge in [-0.15, -0.1) is 0 Å². The molecule has 4 aromatic rings. The Kier molecular flexibility index (Phi) is 6.56. The summed E-state index contributed by atoms with van der Waals surface area (Å²) in [6.45, 7) is 1.22. The smallest absolute Gasteiger partial charge is 0.264 e. The molecule has 3 aromatic carbocycles. The minimum atomic E-state index is -4.22. The van der Waals surface area contributed by atoms with Gasteiger partial charge in [0.15, 0.2) is 0 Å². The third kappa shape index (κ3) is 4.74. The Balaban J connectivity index is 1.63. The zero-order chi connectivity index (χ0) is 24.3. The molecular formula is C25H23FN2O5S. The van der Waals surface area contributed by atoms with E-state index in [0.29, 0.717) is 11.3 Å². The minimum absolute atomic E-state index is 0.155. The number of anilines is 1. The number of nitrogens with zero attached hydrogens (tertiary/aromatic N) is 1. The van der Waals surface area contributed by atoms with Gasteiger partial charge in [0.2, 0.25) is 5.91 Å². The van der Waals surface area contributed by atoms with E-state index in [9.17, 15) is 17.6 Å². The molecule has 0 aliphatic carbocycles. The van der Waals surface area contributed by atoms with Crippen LogP contribution in [0.1, 0.15) is 18.7 Å². The maximum atomic E-state index is 13.5. The molecule has 7 nitrogen and oxygen atoms in total. The number of hydrogen-bond acceptors (Lipinski definition) is 5. The van der Waals surface area contributed by atoms with Crippen molar-refractivity contribution in [2.75, 3.05) is 18.0 Å². The van der Waals surface area contributed by atoms with Crippen LogP contribution in [0, 0.1) is 5.82 Å². The van der Waals surface area contributed by atoms with Crippen molar-refractivity contribution in [1.82, 2.24) is 5.32 Å². The topological polar surface area (TPSA) is 88.8 Å². The van der Waals surface area contributed by atoms with Crippen molar-refractivity contribution in [2.45, 2.75) is 17.9 Å². The molecule has 1 unspecified atom stereocenters. The Morgan fingerprint density at radius 1 is 1.06 bits per heavy atom. The van der Waals surface area contributed by atoms with Gasteiger partial charge in [-0.3, -0.25) is 9.10 Å². The number of carbonyl (C=O) groups excluding carboxylic acids is 1. The van der Waals surface area contributed by atoms with Crippen LogP contribution in [0.15, 0.2) is 88.2 Å². The van der Waals surface area contributed by atoms with Gasteiger partial charge in [-0.2, -0.15) is 0 Å². The van der Waals surface area contributed by atoms with Gasteiger partial charge in [0, 0.05) is 5.39 Å². The Hall–Kier alpha value is -3.85. The molecule has 0 radical (unpaired) electrons. The minimum Gasteiger partial charge on any atom is -0.495 e. The first kappa shape index (κ1) is 23.3. The van der Waals surface area contributed by atoms with E-state index in [2.05, 4.69) is 5.32 Å². The van der Waals surface area contributed by atoms with Gasteiger partial charge in [0.25, 0.3) is 10.0 Å². The van der Waals surface area contributed by atoms with E-state index >= 15 is 0 Å². The zero-order valence-corrected chi connectivity index (χ0v) is 19.4. The summed E-state index contributed by atoms with van der Waals surface area (Å²) >= 11 is 0. The van der Waals surface area contributed by atoms with Crippen LogP contribution in [-0.4, -0.2) is 28.0 Å². The Labute approximate surface area is 196 Å². The van der Waals surface area contributed by atoms with Crippen molar-refractivity contribution in [2.24, 2.45) is 0 Å². The SMILES string of the molecule is COc1ccccc1N(CC(=O)NC(C)c1cc2ccccc2o1)S(=O)(=O)c1ccc(F)cc1. The molecule has 1 N–H and O–H groups in total. The summed E-state index contributed by atoms with van der Waals surface area (Å²) < 4.78 is 52.4. The molecule has 1 amide bonds. The molecular weight excluding hydrogens is 459 g/mol. The van der Waals surface area contributed by atoms with Gasteiger partial charge in [-0.25, -0.2) is 12.8 Å². The molecule has 176 valence electrons. The highest BCUT2D eigenvalue weighted by Crippen LogP contribution is 2.32. The van der Waals surface area contributed by atoms with Crippen LogP contribution in [0.5, 0.6) is 5.75 Å². The third-order valence-corrected chi connectivity index (χ3v) is 7.07. The number of ether oxygens (including phenoxy) is 1. The summed E-state index contributed by atoms with van der Waals surface area (Å²) in [7, 11) is -2.81. The van der Waals surface area contributed by atoms with Crippen LogP contribution in [0.2, 0.25) is 0 Å². The third-order valence-electron chi connectivity index (χ3n) is 5.29. The predicted molar refractivity (Wildman–Crippen MR) is 127 cm³/mol. The monoisotopic (exact) mass is 482 g/mol. The lowest BCUT2D eigenvalue weighted by Gasteiger charge is -2.26. The van der Waals surface area contributed by atoms with Gasteiger partial charge in [0.1, 0.15) is 29.5 Å². The molecule has 0 aliphatic rings. The fourth-order valence-electron chi connectivity index (χ4n) is 3.57. The lowest BCUT2D eigenvalue weighted by Crippen LogP contribution is -2.41. The summed E-state index contributed by atoms with van der Waals surface area (Å²) in [4.78, 5) is 12.8. The number of hydrogen-bond donors (Lipinski definition) is 1. The van der Waals surface area contributed by atoms with Crippen LogP contribution in [0.4, 0.5) is 10.1 Å². The zero-order valence-electron chi connectivity index (χ0n) is 18.6. The van der Waals surface area contributed by atoms with Crippen LogP contribution in [0.3, 0.4) is 0 Å². The van der Waals surface area contributed by atoms with Crippen LogP contribution < -0.4 is 14.4 Å². The molecule has 0 fully saturated rings. The van der Waals surface area contributed by atoms with Crippen molar-refractivity contribution in [3.63, 3.8) is 0 Å². The van der Waals surface area contributed by atoms with E-state index in [-0.39, 0.29) is 16.3 Å². The predicted octanol–water partition coefficient (Wildman–Crippen LogP) is 4.65. The van der Waals surface area contributed by atoms with E-state index in [1.54, 1.807) is 25.1 Å². The number of rotatable bonds is 8. The summed E-state index contributed by atoms with van der Waals surface area (Å²) in [5.41, 5.74) is 0.869. The molecule has 1 aromatic heterocycles. The van der Waals surface area contributed by atoms with Crippen molar-refractivity contribution in [1.29, 1.82) is 0 Å². The van der Waals surface area contributed by atoms with Gasteiger partial charge >= 0.3 is 0 Å². The number of para-hydroxylation sites is 3. The number of sulfonamides is 1. The Morgan fingerprint density at radius 3 is 2.44 bits per heavy atom. The van der Waals surface area contributed by atoms with E-state index in [4.69, 9.17) is 9.15 Å². The van der Waals surface area contributed by atoms with Gasteiger partial charge in [-0.05, 0) is 55.5 Å². The second kappa shape index (κ2) is 9.56. The number of amides is 1.